The molecule has 1 aromatic heterocycles. The summed E-state index contributed by atoms with van der Waals surface area (Å²) in [6, 6.07) is 9.08. The Balaban J connectivity index is 1.55. The monoisotopic (exact) mass is 402 g/mol. The third-order valence-electron chi connectivity index (χ3n) is 7.37. The summed E-state index contributed by atoms with van der Waals surface area (Å²) in [6.45, 7) is 6.56. The van der Waals surface area contributed by atoms with Gasteiger partial charge in [-0.25, -0.2) is 0 Å². The zero-order valence-electron chi connectivity index (χ0n) is 17.9. The van der Waals surface area contributed by atoms with E-state index in [4.69, 9.17) is 14.7 Å². The quantitative estimate of drug-likeness (QED) is 0.770. The predicted octanol–water partition coefficient (Wildman–Crippen LogP) is 3.94. The van der Waals surface area contributed by atoms with Gasteiger partial charge in [0.05, 0.1) is 25.7 Å². The lowest BCUT2D eigenvalue weighted by Crippen LogP contribution is -3.20. The number of piperidine rings is 3. The molecule has 0 amide bonds. The first-order valence-corrected chi connectivity index (χ1v) is 11.4. The van der Waals surface area contributed by atoms with E-state index in [2.05, 4.69) is 43.1 Å². The molecule has 4 heterocycles. The Morgan fingerprint density at radius 3 is 3.00 bits per heavy atom. The van der Waals surface area contributed by atoms with E-state index in [0.29, 0.717) is 12.0 Å². The van der Waals surface area contributed by atoms with Crippen molar-refractivity contribution in [3.63, 3.8) is 0 Å². The zero-order valence-corrected chi connectivity index (χ0v) is 17.9. The Bertz CT molecular complexity index is 995. The number of ether oxygens (including phenoxy) is 1. The third-order valence-corrected chi connectivity index (χ3v) is 7.37. The van der Waals surface area contributed by atoms with E-state index in [0.717, 1.165) is 29.0 Å². The van der Waals surface area contributed by atoms with Crippen molar-refractivity contribution < 1.29 is 9.64 Å². The summed E-state index contributed by atoms with van der Waals surface area (Å²) in [5.41, 5.74) is 3.50. The van der Waals surface area contributed by atoms with Crippen LogP contribution in [0, 0.1) is 11.8 Å². The van der Waals surface area contributed by atoms with Crippen LogP contribution in [0.3, 0.4) is 0 Å². The van der Waals surface area contributed by atoms with Gasteiger partial charge in [-0.2, -0.15) is 0 Å². The summed E-state index contributed by atoms with van der Waals surface area (Å²) in [5, 5.41) is 1.13. The number of fused-ring (bicyclic) bond motifs is 4. The van der Waals surface area contributed by atoms with Gasteiger partial charge >= 0.3 is 0 Å². The molecule has 2 bridgehead atoms. The number of quaternary nitrogens is 1. The SMILES string of the molecule is C=C[C@@H]1C[NH+]2CC[C@H]1C[C@H]2[C@@H](N=C1C=CCCC1)c1cnc2ccc(OC)cc2c1. The predicted molar refractivity (Wildman–Crippen MR) is 122 cm³/mol. The number of aliphatic imine (C=N–C) groups is 1. The van der Waals surface area contributed by atoms with E-state index in [-0.39, 0.29) is 6.04 Å². The fourth-order valence-corrected chi connectivity index (χ4v) is 5.71. The average Bonchev–Trinajstić information content (AvgIpc) is 2.82. The van der Waals surface area contributed by atoms with E-state index in [1.165, 1.54) is 50.0 Å². The maximum atomic E-state index is 5.45. The van der Waals surface area contributed by atoms with Crippen LogP contribution >= 0.6 is 0 Å². The minimum Gasteiger partial charge on any atom is -0.497 e. The number of aromatic nitrogens is 1. The first kappa shape index (κ1) is 19.5. The van der Waals surface area contributed by atoms with Crippen LogP contribution in [0.4, 0.5) is 0 Å². The molecule has 4 heteroatoms. The second-order valence-electron chi connectivity index (χ2n) is 9.09. The summed E-state index contributed by atoms with van der Waals surface area (Å²) in [7, 11) is 1.72. The van der Waals surface area contributed by atoms with Gasteiger partial charge in [0.15, 0.2) is 0 Å². The Morgan fingerprint density at radius 1 is 1.33 bits per heavy atom. The highest BCUT2D eigenvalue weighted by Gasteiger charge is 2.46. The number of allylic oxidation sites excluding steroid dienone is 2. The normalized spacial score (nSPS) is 30.5. The Morgan fingerprint density at radius 2 is 2.27 bits per heavy atom. The van der Waals surface area contributed by atoms with E-state index >= 15 is 0 Å². The van der Waals surface area contributed by atoms with Gasteiger partial charge in [-0.15, -0.1) is 6.58 Å². The molecule has 6 rings (SSSR count). The highest BCUT2D eigenvalue weighted by molar-refractivity contribution is 5.95. The molecule has 0 spiro atoms. The largest absolute Gasteiger partial charge is 0.497 e. The molecule has 4 nitrogen and oxygen atoms in total. The van der Waals surface area contributed by atoms with Gasteiger partial charge < -0.3 is 9.64 Å². The van der Waals surface area contributed by atoms with Crippen LogP contribution < -0.4 is 9.64 Å². The molecule has 2 aromatic rings. The van der Waals surface area contributed by atoms with Crippen LogP contribution in [0.25, 0.3) is 10.9 Å². The Hall–Kier alpha value is -2.46. The number of nitrogens with zero attached hydrogens (tertiary/aromatic N) is 2. The van der Waals surface area contributed by atoms with E-state index < -0.39 is 0 Å². The van der Waals surface area contributed by atoms with E-state index in [9.17, 15) is 0 Å². The molecule has 3 fully saturated rings. The molecule has 5 atom stereocenters. The second-order valence-corrected chi connectivity index (χ2v) is 9.09. The summed E-state index contributed by atoms with van der Waals surface area (Å²) in [4.78, 5) is 11.8. The number of methoxy groups -OCH3 is 1. The number of benzene rings is 1. The van der Waals surface area contributed by atoms with Crippen molar-refractivity contribution in [3.05, 3.63) is 60.8 Å². The molecule has 1 unspecified atom stereocenters. The van der Waals surface area contributed by atoms with Crippen molar-refractivity contribution in [2.75, 3.05) is 20.2 Å². The van der Waals surface area contributed by atoms with Gasteiger partial charge in [0, 0.05) is 41.6 Å². The molecular weight excluding hydrogens is 370 g/mol. The van der Waals surface area contributed by atoms with Crippen molar-refractivity contribution in [2.24, 2.45) is 16.8 Å². The second kappa shape index (κ2) is 8.35. The van der Waals surface area contributed by atoms with Gasteiger partial charge in [-0.1, -0.05) is 12.2 Å². The molecule has 1 aromatic carbocycles. The van der Waals surface area contributed by atoms with Gasteiger partial charge in [0.2, 0.25) is 0 Å². The molecule has 0 saturated carbocycles. The molecule has 3 aliphatic heterocycles. The molecule has 0 radical (unpaired) electrons. The molecule has 4 aliphatic rings. The van der Waals surface area contributed by atoms with Crippen LogP contribution in [-0.2, 0) is 0 Å². The van der Waals surface area contributed by atoms with E-state index in [1.807, 2.05) is 12.1 Å². The number of nitrogens with one attached hydrogen (secondary N) is 1. The number of rotatable bonds is 5. The van der Waals surface area contributed by atoms with Crippen LogP contribution in [0.1, 0.15) is 43.7 Å². The number of pyridine rings is 1. The van der Waals surface area contributed by atoms with Crippen LogP contribution in [-0.4, -0.2) is 36.9 Å². The van der Waals surface area contributed by atoms with Crippen LogP contribution in [0.2, 0.25) is 0 Å². The number of hydrogen-bond donors (Lipinski definition) is 1. The fourth-order valence-electron chi connectivity index (χ4n) is 5.71. The lowest BCUT2D eigenvalue weighted by Gasteiger charge is -2.47. The zero-order chi connectivity index (χ0) is 20.5. The Kier molecular flexibility index (Phi) is 5.43. The molecule has 1 N–H and O–H groups in total. The van der Waals surface area contributed by atoms with Gasteiger partial charge in [-0.05, 0) is 55.5 Å². The summed E-state index contributed by atoms with van der Waals surface area (Å²) in [5.74, 6) is 2.29. The van der Waals surface area contributed by atoms with Crippen molar-refractivity contribution in [1.82, 2.24) is 4.98 Å². The van der Waals surface area contributed by atoms with Crippen molar-refractivity contribution in [2.45, 2.75) is 44.2 Å². The maximum absolute atomic E-state index is 5.45. The highest BCUT2D eigenvalue weighted by Crippen LogP contribution is 2.35. The molecule has 1 aliphatic carbocycles. The number of hydrogen-bond acceptors (Lipinski definition) is 3. The highest BCUT2D eigenvalue weighted by atomic mass is 16.5. The minimum absolute atomic E-state index is 0.161. The summed E-state index contributed by atoms with van der Waals surface area (Å²) in [6.07, 6.45) is 14.8. The Labute approximate surface area is 179 Å². The molecule has 30 heavy (non-hydrogen) atoms. The third kappa shape index (κ3) is 3.69. The molecule has 3 saturated heterocycles. The smallest absolute Gasteiger partial charge is 0.128 e. The van der Waals surface area contributed by atoms with Gasteiger partial charge in [-0.3, -0.25) is 9.98 Å². The average molecular weight is 403 g/mol. The van der Waals surface area contributed by atoms with E-state index in [1.54, 1.807) is 12.0 Å². The van der Waals surface area contributed by atoms with Gasteiger partial charge in [0.25, 0.3) is 0 Å². The first-order chi connectivity index (χ1) is 14.7. The van der Waals surface area contributed by atoms with Crippen LogP contribution in [0.15, 0.2) is 60.3 Å². The molecular formula is C26H32N3O+. The lowest BCUT2D eigenvalue weighted by molar-refractivity contribution is -0.947. The van der Waals surface area contributed by atoms with Crippen molar-refractivity contribution in [3.8, 4) is 5.75 Å². The standard InChI is InChI=1S/C26H31N3O/c1-3-18-17-29-12-11-19(18)15-25(29)26(28-22-7-5-4-6-8-22)21-13-20-14-23(30-2)9-10-24(20)27-16-21/h3,5,7,9-10,13-14,16,18-19,25-26H,1,4,6,8,11-12,15,17H2,2H3/p+1/t18-,19+,25+,26+/m1/s1. The lowest BCUT2D eigenvalue weighted by atomic mass is 9.73. The topological polar surface area (TPSA) is 38.9 Å². The summed E-state index contributed by atoms with van der Waals surface area (Å²) < 4.78 is 5.45. The van der Waals surface area contributed by atoms with Crippen molar-refractivity contribution >= 4 is 16.6 Å². The van der Waals surface area contributed by atoms with Gasteiger partial charge in [0.1, 0.15) is 17.8 Å². The summed E-state index contributed by atoms with van der Waals surface area (Å²) >= 11 is 0. The van der Waals surface area contributed by atoms with Crippen LogP contribution in [0.5, 0.6) is 5.75 Å². The minimum atomic E-state index is 0.161. The molecule has 156 valence electrons. The first-order valence-electron chi connectivity index (χ1n) is 11.4. The fraction of sp³-hybridized carbons (Fsp3) is 0.462. The maximum Gasteiger partial charge on any atom is 0.128 e. The van der Waals surface area contributed by atoms with Crippen molar-refractivity contribution in [1.29, 1.82) is 0 Å².